The van der Waals surface area contributed by atoms with Gasteiger partial charge in [0, 0.05) is 21.7 Å². The van der Waals surface area contributed by atoms with Gasteiger partial charge in [0.15, 0.2) is 0 Å². The van der Waals surface area contributed by atoms with Gasteiger partial charge >= 0.3 is 0 Å². The first kappa shape index (κ1) is 19.3. The number of nitrogens with one attached hydrogen (secondary N) is 1. The molecule has 3 saturated heterocycles. The molecule has 0 aromatic heterocycles. The molecular weight excluding hydrogens is 437 g/mol. The quantitative estimate of drug-likeness (QED) is 0.665. The minimum atomic E-state index is -1.20. The molecule has 3 fully saturated rings. The van der Waals surface area contributed by atoms with Crippen molar-refractivity contribution in [2.75, 3.05) is 16.8 Å². The van der Waals surface area contributed by atoms with E-state index in [1.54, 1.807) is 30.3 Å². The minimum Gasteiger partial charge on any atom is -0.324 e. The standard InChI is InChI=1S/C23H19Cl2N3O3/c1-11-15(25)8-7-14-19(11)26-22(31)23(14)18-17(16-6-3-9-27(16)23)20(29)28(21(18)30)13-5-2-4-12(24)10-13/h2,4-5,7-8,10,16-18H,3,6,9H2,1H3,(H,26,31). The van der Waals surface area contributed by atoms with E-state index in [0.29, 0.717) is 28.0 Å². The van der Waals surface area contributed by atoms with Gasteiger partial charge in [-0.3, -0.25) is 19.3 Å². The maximum atomic E-state index is 13.8. The highest BCUT2D eigenvalue weighted by molar-refractivity contribution is 6.33. The van der Waals surface area contributed by atoms with Crippen LogP contribution in [0.3, 0.4) is 0 Å². The number of halogens is 2. The van der Waals surface area contributed by atoms with E-state index in [2.05, 4.69) is 10.2 Å². The van der Waals surface area contributed by atoms with Gasteiger partial charge in [-0.15, -0.1) is 0 Å². The summed E-state index contributed by atoms with van der Waals surface area (Å²) < 4.78 is 0. The van der Waals surface area contributed by atoms with E-state index in [9.17, 15) is 14.4 Å². The van der Waals surface area contributed by atoms with Gasteiger partial charge in [-0.2, -0.15) is 0 Å². The van der Waals surface area contributed by atoms with Crippen LogP contribution in [0.4, 0.5) is 11.4 Å². The van der Waals surface area contributed by atoms with Crippen molar-refractivity contribution in [1.29, 1.82) is 0 Å². The van der Waals surface area contributed by atoms with Gasteiger partial charge in [-0.05, 0) is 56.1 Å². The van der Waals surface area contributed by atoms with Crippen molar-refractivity contribution in [2.45, 2.75) is 31.3 Å². The number of benzene rings is 2. The van der Waals surface area contributed by atoms with Gasteiger partial charge in [0.2, 0.25) is 17.7 Å². The van der Waals surface area contributed by atoms with Crippen molar-refractivity contribution in [3.8, 4) is 0 Å². The molecule has 6 rings (SSSR count). The van der Waals surface area contributed by atoms with Crippen LogP contribution in [0.2, 0.25) is 10.0 Å². The third-order valence-electron chi connectivity index (χ3n) is 7.43. The zero-order valence-electron chi connectivity index (χ0n) is 16.7. The van der Waals surface area contributed by atoms with Crippen LogP contribution in [0, 0.1) is 18.8 Å². The zero-order chi connectivity index (χ0) is 21.7. The minimum absolute atomic E-state index is 0.154. The number of imide groups is 1. The summed E-state index contributed by atoms with van der Waals surface area (Å²) in [7, 11) is 0. The van der Waals surface area contributed by atoms with E-state index < -0.39 is 17.4 Å². The molecule has 31 heavy (non-hydrogen) atoms. The van der Waals surface area contributed by atoms with E-state index in [0.717, 1.165) is 24.0 Å². The van der Waals surface area contributed by atoms with E-state index >= 15 is 0 Å². The summed E-state index contributed by atoms with van der Waals surface area (Å²) in [5, 5.41) is 4.00. The average molecular weight is 456 g/mol. The molecule has 0 bridgehead atoms. The molecule has 4 heterocycles. The second-order valence-electron chi connectivity index (χ2n) is 8.71. The molecule has 2 aromatic rings. The molecule has 2 aromatic carbocycles. The Bertz CT molecular complexity index is 1200. The summed E-state index contributed by atoms with van der Waals surface area (Å²) in [5.74, 6) is -2.20. The van der Waals surface area contributed by atoms with Gasteiger partial charge in [0.05, 0.1) is 23.2 Å². The predicted molar refractivity (Wildman–Crippen MR) is 117 cm³/mol. The van der Waals surface area contributed by atoms with Crippen LogP contribution in [-0.4, -0.2) is 35.2 Å². The lowest BCUT2D eigenvalue weighted by Gasteiger charge is -2.36. The van der Waals surface area contributed by atoms with Crippen molar-refractivity contribution < 1.29 is 14.4 Å². The Balaban J connectivity index is 1.57. The number of carbonyl (C=O) groups is 3. The molecule has 4 atom stereocenters. The fraction of sp³-hybridized carbons (Fsp3) is 0.348. The number of fused-ring (bicyclic) bond motifs is 7. The lowest BCUT2D eigenvalue weighted by molar-refractivity contribution is -0.135. The third-order valence-corrected chi connectivity index (χ3v) is 8.07. The molecule has 1 spiro atoms. The number of hydrogen-bond donors (Lipinski definition) is 1. The summed E-state index contributed by atoms with van der Waals surface area (Å²) in [6, 6.07) is 10.2. The maximum Gasteiger partial charge on any atom is 0.250 e. The Kier molecular flexibility index (Phi) is 3.93. The van der Waals surface area contributed by atoms with Crippen molar-refractivity contribution in [3.63, 3.8) is 0 Å². The molecule has 8 heteroatoms. The molecule has 1 N–H and O–H groups in total. The third kappa shape index (κ3) is 2.20. The highest BCUT2D eigenvalue weighted by atomic mass is 35.5. The lowest BCUT2D eigenvalue weighted by atomic mass is 9.75. The number of rotatable bonds is 1. The molecule has 158 valence electrons. The second-order valence-corrected chi connectivity index (χ2v) is 9.56. The summed E-state index contributed by atoms with van der Waals surface area (Å²) >= 11 is 12.5. The van der Waals surface area contributed by atoms with Crippen LogP contribution in [0.25, 0.3) is 0 Å². The number of anilines is 2. The van der Waals surface area contributed by atoms with Crippen LogP contribution in [0.1, 0.15) is 24.0 Å². The summed E-state index contributed by atoms with van der Waals surface area (Å²) in [6.45, 7) is 2.53. The first-order valence-corrected chi connectivity index (χ1v) is 11.1. The Morgan fingerprint density at radius 1 is 1.10 bits per heavy atom. The molecule has 0 aliphatic carbocycles. The van der Waals surface area contributed by atoms with Crippen molar-refractivity contribution in [3.05, 3.63) is 57.6 Å². The molecule has 4 unspecified atom stereocenters. The highest BCUT2D eigenvalue weighted by Gasteiger charge is 2.74. The van der Waals surface area contributed by atoms with E-state index in [-0.39, 0.29) is 23.8 Å². The number of nitrogens with zero attached hydrogens (tertiary/aromatic N) is 2. The fourth-order valence-corrected chi connectivity index (χ4v) is 6.60. The Morgan fingerprint density at radius 2 is 1.90 bits per heavy atom. The van der Waals surface area contributed by atoms with Crippen LogP contribution >= 0.6 is 23.2 Å². The first-order chi connectivity index (χ1) is 14.9. The SMILES string of the molecule is Cc1c(Cl)ccc2c1NC(=O)C21C2C(=O)N(c3cccc(Cl)c3)C(=O)C2C2CCCN21. The largest absolute Gasteiger partial charge is 0.324 e. The van der Waals surface area contributed by atoms with Crippen LogP contribution in [0.5, 0.6) is 0 Å². The predicted octanol–water partition coefficient (Wildman–Crippen LogP) is 3.73. The fourth-order valence-electron chi connectivity index (χ4n) is 6.26. The Hall–Kier alpha value is -2.41. The Labute approximate surface area is 189 Å². The Morgan fingerprint density at radius 3 is 2.68 bits per heavy atom. The first-order valence-electron chi connectivity index (χ1n) is 10.4. The lowest BCUT2D eigenvalue weighted by Crippen LogP contribution is -2.54. The van der Waals surface area contributed by atoms with Crippen molar-refractivity contribution in [2.24, 2.45) is 11.8 Å². The van der Waals surface area contributed by atoms with Gasteiger partial charge in [0.25, 0.3) is 0 Å². The molecule has 6 nitrogen and oxygen atoms in total. The summed E-state index contributed by atoms with van der Waals surface area (Å²) in [4.78, 5) is 44.4. The monoisotopic (exact) mass is 455 g/mol. The molecule has 4 aliphatic heterocycles. The van der Waals surface area contributed by atoms with Crippen molar-refractivity contribution in [1.82, 2.24) is 4.90 Å². The van der Waals surface area contributed by atoms with E-state index in [4.69, 9.17) is 23.2 Å². The smallest absolute Gasteiger partial charge is 0.250 e. The summed E-state index contributed by atoms with van der Waals surface area (Å²) in [5.41, 5.74) is 1.42. The van der Waals surface area contributed by atoms with Gasteiger partial charge in [-0.25, -0.2) is 4.90 Å². The molecule has 0 radical (unpaired) electrons. The van der Waals surface area contributed by atoms with E-state index in [1.807, 2.05) is 13.0 Å². The second kappa shape index (κ2) is 6.31. The van der Waals surface area contributed by atoms with Gasteiger partial charge < -0.3 is 5.32 Å². The van der Waals surface area contributed by atoms with Crippen molar-refractivity contribution >= 4 is 52.3 Å². The molecule has 4 aliphatic rings. The summed E-state index contributed by atoms with van der Waals surface area (Å²) in [6.07, 6.45) is 1.66. The number of hydrogen-bond acceptors (Lipinski definition) is 4. The molecule has 3 amide bonds. The van der Waals surface area contributed by atoms with Crippen LogP contribution < -0.4 is 10.2 Å². The molecule has 0 saturated carbocycles. The number of carbonyl (C=O) groups excluding carboxylic acids is 3. The maximum absolute atomic E-state index is 13.8. The van der Waals surface area contributed by atoms with Gasteiger partial charge in [-0.1, -0.05) is 35.3 Å². The highest BCUT2D eigenvalue weighted by Crippen LogP contribution is 2.61. The zero-order valence-corrected chi connectivity index (χ0v) is 18.2. The topological polar surface area (TPSA) is 69.7 Å². The van der Waals surface area contributed by atoms with Crippen LogP contribution in [-0.2, 0) is 19.9 Å². The van der Waals surface area contributed by atoms with Gasteiger partial charge in [0.1, 0.15) is 5.54 Å². The van der Waals surface area contributed by atoms with E-state index in [1.165, 1.54) is 4.90 Å². The van der Waals surface area contributed by atoms with Crippen LogP contribution in [0.15, 0.2) is 36.4 Å². The number of amides is 3. The normalized spacial score (nSPS) is 31.4. The average Bonchev–Trinajstić information content (AvgIpc) is 3.43. The molecular formula is C23H19Cl2N3O3.